The van der Waals surface area contributed by atoms with Crippen LogP contribution in [0.25, 0.3) is 0 Å². The number of allylic oxidation sites excluding steroid dienone is 3. The lowest BCUT2D eigenvalue weighted by Gasteiger charge is -2.32. The predicted octanol–water partition coefficient (Wildman–Crippen LogP) is 4.60. The fourth-order valence-corrected chi connectivity index (χ4v) is 3.79. The van der Waals surface area contributed by atoms with E-state index < -0.39 is 22.6 Å². The van der Waals surface area contributed by atoms with E-state index in [4.69, 9.17) is 5.21 Å². The van der Waals surface area contributed by atoms with Crippen molar-refractivity contribution in [3.63, 3.8) is 0 Å². The number of halogens is 3. The Morgan fingerprint density at radius 3 is 2.33 bits per heavy atom. The molecule has 0 aliphatic carbocycles. The van der Waals surface area contributed by atoms with Crippen molar-refractivity contribution in [3.05, 3.63) is 23.1 Å². The zero-order chi connectivity index (χ0) is 16.7. The Morgan fingerprint density at radius 1 is 1.38 bits per heavy atom. The Balaban J connectivity index is 5.25. The molecule has 0 saturated carbocycles. The van der Waals surface area contributed by atoms with Gasteiger partial charge in [-0.1, -0.05) is 17.8 Å². The molecule has 0 fully saturated rings. The van der Waals surface area contributed by atoms with Gasteiger partial charge in [0.25, 0.3) is 0 Å². The summed E-state index contributed by atoms with van der Waals surface area (Å²) in [6.45, 7) is 5.27. The Bertz CT molecular complexity index is 474. The van der Waals surface area contributed by atoms with Crippen molar-refractivity contribution in [2.24, 2.45) is 5.16 Å². The van der Waals surface area contributed by atoms with Crippen molar-refractivity contribution in [3.8, 4) is 6.07 Å². The zero-order valence-electron chi connectivity index (χ0n) is 12.5. The normalized spacial score (nSPS) is 15.2. The molecular weight excluding hydrogens is 301 g/mol. The number of hydrogen-bond acceptors (Lipinski definition) is 3. The molecule has 120 valence electrons. The number of alkyl halides is 3. The Morgan fingerprint density at radius 2 is 1.95 bits per heavy atom. The second-order valence-corrected chi connectivity index (χ2v) is 9.01. The minimum atomic E-state index is -4.22. The second-order valence-electron chi connectivity index (χ2n) is 5.11. The smallest absolute Gasteiger partial charge is 0.389 e. The highest BCUT2D eigenvalue weighted by molar-refractivity contribution is 8.36. The zero-order valence-corrected chi connectivity index (χ0v) is 13.3. The molecule has 7 heteroatoms. The quantitative estimate of drug-likeness (QED) is 0.245. The SMILES string of the molecule is C=C/C(CC/C(C)=N\O)=C(\C#N)S(C)(C)CCC(F)(F)F. The molecule has 0 aromatic heterocycles. The summed E-state index contributed by atoms with van der Waals surface area (Å²) in [6.07, 6.45) is 0.636. The van der Waals surface area contributed by atoms with Gasteiger partial charge in [0.15, 0.2) is 0 Å². The van der Waals surface area contributed by atoms with E-state index in [9.17, 15) is 18.4 Å². The maximum absolute atomic E-state index is 12.4. The average Bonchev–Trinajstić information content (AvgIpc) is 2.39. The highest BCUT2D eigenvalue weighted by atomic mass is 32.3. The van der Waals surface area contributed by atoms with Gasteiger partial charge in [-0.25, -0.2) is 10.0 Å². The van der Waals surface area contributed by atoms with E-state index in [0.29, 0.717) is 29.0 Å². The first-order chi connectivity index (χ1) is 9.57. The van der Waals surface area contributed by atoms with Crippen molar-refractivity contribution < 1.29 is 18.4 Å². The molecule has 0 aromatic rings. The average molecular weight is 322 g/mol. The van der Waals surface area contributed by atoms with Gasteiger partial charge in [-0.3, -0.25) is 0 Å². The number of nitriles is 1. The molecule has 21 heavy (non-hydrogen) atoms. The van der Waals surface area contributed by atoms with E-state index >= 15 is 0 Å². The van der Waals surface area contributed by atoms with E-state index in [-0.39, 0.29) is 5.75 Å². The highest BCUT2D eigenvalue weighted by Crippen LogP contribution is 2.52. The molecule has 0 heterocycles. The topological polar surface area (TPSA) is 56.4 Å². The standard InChI is InChI=1S/C14H21F3N2OS/c1-5-12(7-6-11(2)19-20)13(10-18)21(3,4)9-8-14(15,16)17/h5,20H,1,6-9H2,2-4H3/b13-12-,19-11-. The number of hydrogen-bond donors (Lipinski definition) is 1. The van der Waals surface area contributed by atoms with Crippen molar-refractivity contribution >= 4 is 15.7 Å². The predicted molar refractivity (Wildman–Crippen MR) is 81.9 cm³/mol. The molecule has 0 aliphatic heterocycles. The number of oxime groups is 1. The lowest BCUT2D eigenvalue weighted by Crippen LogP contribution is -2.15. The Labute approximate surface area is 125 Å². The van der Waals surface area contributed by atoms with Gasteiger partial charge in [0.1, 0.15) is 6.07 Å². The summed E-state index contributed by atoms with van der Waals surface area (Å²) >= 11 is 0. The van der Waals surface area contributed by atoms with Gasteiger partial charge < -0.3 is 5.21 Å². The van der Waals surface area contributed by atoms with E-state index in [2.05, 4.69) is 11.7 Å². The maximum Gasteiger partial charge on any atom is 0.389 e. The van der Waals surface area contributed by atoms with Gasteiger partial charge in [0.2, 0.25) is 0 Å². The van der Waals surface area contributed by atoms with Gasteiger partial charge >= 0.3 is 6.18 Å². The first-order valence-electron chi connectivity index (χ1n) is 6.28. The van der Waals surface area contributed by atoms with Crippen LogP contribution in [0.2, 0.25) is 0 Å². The first-order valence-corrected chi connectivity index (χ1v) is 8.90. The molecule has 0 aromatic carbocycles. The lowest BCUT2D eigenvalue weighted by atomic mass is 10.1. The summed E-state index contributed by atoms with van der Waals surface area (Å²) in [5.74, 6) is -0.0796. The van der Waals surface area contributed by atoms with Crippen LogP contribution in [0.15, 0.2) is 28.3 Å². The van der Waals surface area contributed by atoms with Crippen LogP contribution in [0.3, 0.4) is 0 Å². The fraction of sp³-hybridized carbons (Fsp3) is 0.571. The van der Waals surface area contributed by atoms with Crippen LogP contribution >= 0.6 is 10.0 Å². The van der Waals surface area contributed by atoms with E-state index in [1.165, 1.54) is 6.08 Å². The molecule has 0 atom stereocenters. The summed E-state index contributed by atoms with van der Waals surface area (Å²) in [5.41, 5.74) is 1.12. The molecular formula is C14H21F3N2OS. The van der Waals surface area contributed by atoms with Crippen LogP contribution in [0.1, 0.15) is 26.2 Å². The minimum Gasteiger partial charge on any atom is -0.411 e. The molecule has 0 spiro atoms. The van der Waals surface area contributed by atoms with Crippen LogP contribution in [0.5, 0.6) is 0 Å². The molecule has 0 aliphatic rings. The third-order valence-electron chi connectivity index (χ3n) is 3.01. The van der Waals surface area contributed by atoms with Gasteiger partial charge in [-0.2, -0.15) is 18.4 Å². The fourth-order valence-electron chi connectivity index (χ4n) is 1.70. The van der Waals surface area contributed by atoms with Crippen LogP contribution in [-0.4, -0.2) is 35.4 Å². The lowest BCUT2D eigenvalue weighted by molar-refractivity contribution is -0.129. The monoisotopic (exact) mass is 322 g/mol. The van der Waals surface area contributed by atoms with Crippen molar-refractivity contribution in [2.75, 3.05) is 18.3 Å². The van der Waals surface area contributed by atoms with E-state index in [0.717, 1.165) is 0 Å². The summed E-state index contributed by atoms with van der Waals surface area (Å²) in [6, 6.07) is 2.05. The van der Waals surface area contributed by atoms with Gasteiger partial charge in [0.05, 0.1) is 17.0 Å². The molecule has 0 unspecified atom stereocenters. The second kappa shape index (κ2) is 8.13. The van der Waals surface area contributed by atoms with E-state index in [1.54, 1.807) is 19.4 Å². The minimum absolute atomic E-state index is 0.0796. The Kier molecular flexibility index (Phi) is 7.58. The molecule has 3 nitrogen and oxygen atoms in total. The van der Waals surface area contributed by atoms with Crippen LogP contribution in [-0.2, 0) is 0 Å². The molecule has 0 radical (unpaired) electrons. The van der Waals surface area contributed by atoms with Crippen molar-refractivity contribution in [1.82, 2.24) is 0 Å². The van der Waals surface area contributed by atoms with Crippen molar-refractivity contribution in [2.45, 2.75) is 32.4 Å². The Hall–Kier alpha value is -1.42. The highest BCUT2D eigenvalue weighted by Gasteiger charge is 2.31. The molecule has 0 rings (SSSR count). The number of nitrogens with zero attached hydrogens (tertiary/aromatic N) is 2. The third kappa shape index (κ3) is 7.23. The first kappa shape index (κ1) is 19.6. The summed E-state index contributed by atoms with van der Waals surface area (Å²) in [5, 5.41) is 21.0. The number of rotatable bonds is 7. The van der Waals surface area contributed by atoms with Gasteiger partial charge in [-0.15, -0.1) is 0 Å². The maximum atomic E-state index is 12.4. The van der Waals surface area contributed by atoms with Crippen LogP contribution in [0.4, 0.5) is 13.2 Å². The molecule has 0 saturated heterocycles. The third-order valence-corrected chi connectivity index (χ3v) is 5.70. The summed E-state index contributed by atoms with van der Waals surface area (Å²) < 4.78 is 37.2. The summed E-state index contributed by atoms with van der Waals surface area (Å²) in [7, 11) is -1.85. The van der Waals surface area contributed by atoms with Gasteiger partial charge in [-0.05, 0) is 43.6 Å². The van der Waals surface area contributed by atoms with Gasteiger partial charge in [0, 0.05) is 0 Å². The van der Waals surface area contributed by atoms with Crippen molar-refractivity contribution in [1.29, 1.82) is 5.26 Å². The molecule has 0 amide bonds. The van der Waals surface area contributed by atoms with Crippen LogP contribution in [0, 0.1) is 11.3 Å². The van der Waals surface area contributed by atoms with E-state index in [1.807, 2.05) is 6.07 Å². The molecule has 0 bridgehead atoms. The molecule has 1 N–H and O–H groups in total. The summed E-state index contributed by atoms with van der Waals surface area (Å²) in [4.78, 5) is 0.382. The van der Waals surface area contributed by atoms with Crippen LogP contribution < -0.4 is 0 Å². The largest absolute Gasteiger partial charge is 0.411 e.